The predicted molar refractivity (Wildman–Crippen MR) is 101 cm³/mol. The molecule has 1 N–H and O–H groups in total. The largest absolute Gasteiger partial charge is 0.497 e. The highest BCUT2D eigenvalue weighted by atomic mass is 16.5. The summed E-state index contributed by atoms with van der Waals surface area (Å²) in [5, 5.41) is 6.84. The van der Waals surface area contributed by atoms with Crippen LogP contribution in [0.25, 0.3) is 0 Å². The first-order chi connectivity index (χ1) is 13.1. The number of carbonyl (C=O) groups is 1. The number of hydrogen-bond donors (Lipinski definition) is 1. The van der Waals surface area contributed by atoms with Gasteiger partial charge in [-0.2, -0.15) is 0 Å². The van der Waals surface area contributed by atoms with Crippen molar-refractivity contribution in [1.29, 1.82) is 0 Å². The number of nitrogens with one attached hydrogen (secondary N) is 1. The topological polar surface area (TPSA) is 73.6 Å². The van der Waals surface area contributed by atoms with Crippen molar-refractivity contribution in [2.75, 3.05) is 7.11 Å². The van der Waals surface area contributed by atoms with Crippen molar-refractivity contribution >= 4 is 5.91 Å². The number of hydrogen-bond acceptors (Lipinski definition) is 5. The highest BCUT2D eigenvalue weighted by Gasteiger charge is 2.16. The van der Waals surface area contributed by atoms with Crippen LogP contribution in [-0.4, -0.2) is 18.2 Å². The maximum absolute atomic E-state index is 12.7. The van der Waals surface area contributed by atoms with Gasteiger partial charge in [0, 0.05) is 6.54 Å². The van der Waals surface area contributed by atoms with Crippen molar-refractivity contribution < 1.29 is 18.8 Å². The van der Waals surface area contributed by atoms with E-state index in [0.29, 0.717) is 29.4 Å². The number of benzene rings is 2. The third-order valence-electron chi connectivity index (χ3n) is 4.28. The van der Waals surface area contributed by atoms with Crippen molar-refractivity contribution in [2.24, 2.45) is 0 Å². The molecule has 2 aromatic carbocycles. The maximum Gasteiger partial charge on any atom is 0.255 e. The van der Waals surface area contributed by atoms with E-state index in [1.807, 2.05) is 44.2 Å². The van der Waals surface area contributed by atoms with E-state index >= 15 is 0 Å². The summed E-state index contributed by atoms with van der Waals surface area (Å²) in [7, 11) is 1.56. The van der Waals surface area contributed by atoms with Gasteiger partial charge in [-0.15, -0.1) is 0 Å². The molecule has 27 heavy (non-hydrogen) atoms. The van der Waals surface area contributed by atoms with E-state index in [-0.39, 0.29) is 12.5 Å². The molecule has 0 aliphatic heterocycles. The van der Waals surface area contributed by atoms with Crippen LogP contribution in [0.5, 0.6) is 11.5 Å². The van der Waals surface area contributed by atoms with Crippen molar-refractivity contribution in [3.63, 3.8) is 0 Å². The van der Waals surface area contributed by atoms with Crippen molar-refractivity contribution in [2.45, 2.75) is 27.0 Å². The number of methoxy groups -OCH3 is 1. The average molecular weight is 366 g/mol. The quantitative estimate of drug-likeness (QED) is 0.688. The number of rotatable bonds is 7. The minimum absolute atomic E-state index is 0.230. The summed E-state index contributed by atoms with van der Waals surface area (Å²) in [6.45, 7) is 4.39. The fraction of sp³-hybridized carbons (Fsp3) is 0.238. The lowest BCUT2D eigenvalue weighted by Gasteiger charge is -2.13. The Hall–Kier alpha value is -3.28. The number of ether oxygens (including phenoxy) is 2. The van der Waals surface area contributed by atoms with Gasteiger partial charge < -0.3 is 19.3 Å². The lowest BCUT2D eigenvalue weighted by atomic mass is 10.1. The van der Waals surface area contributed by atoms with Crippen LogP contribution in [0.3, 0.4) is 0 Å². The van der Waals surface area contributed by atoms with Crippen LogP contribution in [0.4, 0.5) is 0 Å². The molecule has 0 aliphatic carbocycles. The molecule has 0 spiro atoms. The average Bonchev–Trinajstić information content (AvgIpc) is 3.02. The molecule has 6 nitrogen and oxygen atoms in total. The van der Waals surface area contributed by atoms with E-state index in [4.69, 9.17) is 14.0 Å². The van der Waals surface area contributed by atoms with Gasteiger partial charge in [-0.1, -0.05) is 35.5 Å². The first-order valence-corrected chi connectivity index (χ1v) is 8.63. The summed E-state index contributed by atoms with van der Waals surface area (Å²) >= 11 is 0. The Bertz CT molecular complexity index is 900. The van der Waals surface area contributed by atoms with Crippen molar-refractivity contribution in [1.82, 2.24) is 10.5 Å². The number of aromatic nitrogens is 1. The molecular weight excluding hydrogens is 344 g/mol. The van der Waals surface area contributed by atoms with E-state index in [2.05, 4.69) is 10.5 Å². The summed E-state index contributed by atoms with van der Waals surface area (Å²) in [4.78, 5) is 12.7. The van der Waals surface area contributed by atoms with Gasteiger partial charge in [0.25, 0.3) is 5.91 Å². The summed E-state index contributed by atoms with van der Waals surface area (Å²) in [5.41, 5.74) is 3.08. The molecule has 0 bridgehead atoms. The third kappa shape index (κ3) is 4.47. The smallest absolute Gasteiger partial charge is 0.255 e. The second-order valence-electron chi connectivity index (χ2n) is 6.12. The fourth-order valence-corrected chi connectivity index (χ4v) is 2.67. The molecule has 0 atom stereocenters. The van der Waals surface area contributed by atoms with Crippen LogP contribution in [0, 0.1) is 13.8 Å². The van der Waals surface area contributed by atoms with Crippen LogP contribution in [0.2, 0.25) is 0 Å². The number of aryl methyl sites for hydroxylation is 2. The van der Waals surface area contributed by atoms with E-state index in [1.165, 1.54) is 0 Å². The predicted octanol–water partition coefficient (Wildman–Crippen LogP) is 3.81. The first kappa shape index (κ1) is 18.5. The molecular formula is C21H22N2O4. The zero-order chi connectivity index (χ0) is 19.2. The monoisotopic (exact) mass is 366 g/mol. The Labute approximate surface area is 158 Å². The van der Waals surface area contributed by atoms with E-state index < -0.39 is 0 Å². The molecule has 0 saturated heterocycles. The highest BCUT2D eigenvalue weighted by Crippen LogP contribution is 2.26. The normalized spacial score (nSPS) is 10.5. The second kappa shape index (κ2) is 8.40. The Kier molecular flexibility index (Phi) is 5.76. The fourth-order valence-electron chi connectivity index (χ4n) is 2.67. The molecule has 3 rings (SSSR count). The molecule has 140 valence electrons. The van der Waals surface area contributed by atoms with Gasteiger partial charge in [-0.25, -0.2) is 0 Å². The molecule has 0 unspecified atom stereocenters. The molecule has 1 heterocycles. The van der Waals surface area contributed by atoms with Gasteiger partial charge in [0.15, 0.2) is 0 Å². The number of amides is 1. The van der Waals surface area contributed by atoms with Crippen LogP contribution >= 0.6 is 0 Å². The number of nitrogens with zero attached hydrogens (tertiary/aromatic N) is 1. The van der Waals surface area contributed by atoms with E-state index in [9.17, 15) is 4.79 Å². The maximum atomic E-state index is 12.7. The van der Waals surface area contributed by atoms with Gasteiger partial charge in [-0.3, -0.25) is 4.79 Å². The number of carbonyl (C=O) groups excluding carboxylic acids is 1. The Morgan fingerprint density at radius 2 is 1.93 bits per heavy atom. The van der Waals surface area contributed by atoms with E-state index in [0.717, 1.165) is 16.8 Å². The van der Waals surface area contributed by atoms with Gasteiger partial charge in [0.05, 0.1) is 23.9 Å². The zero-order valence-corrected chi connectivity index (χ0v) is 15.6. The minimum atomic E-state index is -0.230. The highest BCUT2D eigenvalue weighted by molar-refractivity contribution is 5.97. The molecule has 0 fully saturated rings. The zero-order valence-electron chi connectivity index (χ0n) is 15.6. The minimum Gasteiger partial charge on any atom is -0.497 e. The van der Waals surface area contributed by atoms with Gasteiger partial charge in [0.2, 0.25) is 0 Å². The first-order valence-electron chi connectivity index (χ1n) is 8.63. The molecule has 3 aromatic rings. The van der Waals surface area contributed by atoms with Crippen molar-refractivity contribution in [3.05, 3.63) is 76.7 Å². The molecule has 6 heteroatoms. The van der Waals surface area contributed by atoms with Crippen LogP contribution < -0.4 is 14.8 Å². The Morgan fingerprint density at radius 3 is 2.59 bits per heavy atom. The Morgan fingerprint density at radius 1 is 1.15 bits per heavy atom. The van der Waals surface area contributed by atoms with Crippen LogP contribution in [-0.2, 0) is 13.2 Å². The lowest BCUT2D eigenvalue weighted by Crippen LogP contribution is -2.23. The van der Waals surface area contributed by atoms with Gasteiger partial charge in [-0.05, 0) is 37.6 Å². The molecule has 1 amide bonds. The molecule has 0 aliphatic rings. The van der Waals surface area contributed by atoms with Crippen molar-refractivity contribution in [3.8, 4) is 11.5 Å². The van der Waals surface area contributed by atoms with Gasteiger partial charge in [0.1, 0.15) is 23.9 Å². The summed E-state index contributed by atoms with van der Waals surface area (Å²) < 4.78 is 16.3. The second-order valence-corrected chi connectivity index (χ2v) is 6.12. The SMILES string of the molecule is COc1ccc(OCc2c(C)noc2C)c(C(=O)NCc2ccccc2)c1. The third-order valence-corrected chi connectivity index (χ3v) is 4.28. The summed E-state index contributed by atoms with van der Waals surface area (Å²) in [6.07, 6.45) is 0. The molecule has 1 aromatic heterocycles. The summed E-state index contributed by atoms with van der Waals surface area (Å²) in [5.74, 6) is 1.54. The standard InChI is InChI=1S/C21H22N2O4/c1-14-19(15(2)27-23-14)13-26-20-10-9-17(25-3)11-18(20)21(24)22-12-16-7-5-4-6-8-16/h4-11H,12-13H2,1-3H3,(H,22,24). The van der Waals surface area contributed by atoms with Gasteiger partial charge >= 0.3 is 0 Å². The van der Waals surface area contributed by atoms with Crippen LogP contribution in [0.15, 0.2) is 53.1 Å². The molecule has 0 radical (unpaired) electrons. The lowest BCUT2D eigenvalue weighted by molar-refractivity contribution is 0.0946. The summed E-state index contributed by atoms with van der Waals surface area (Å²) in [6, 6.07) is 14.9. The molecule has 0 saturated carbocycles. The van der Waals surface area contributed by atoms with Crippen LogP contribution in [0.1, 0.15) is 32.9 Å². The van der Waals surface area contributed by atoms with E-state index in [1.54, 1.807) is 25.3 Å². The Balaban J connectivity index is 1.76.